The van der Waals surface area contributed by atoms with Crippen LogP contribution in [0.15, 0.2) is 71.9 Å². The predicted molar refractivity (Wildman–Crippen MR) is 104 cm³/mol. The van der Waals surface area contributed by atoms with E-state index in [0.29, 0.717) is 11.2 Å². The Hall–Kier alpha value is -4.34. The lowest BCUT2D eigenvalue weighted by Gasteiger charge is -2.08. The summed E-state index contributed by atoms with van der Waals surface area (Å²) in [6.45, 7) is 0. The second-order valence-electron chi connectivity index (χ2n) is 6.18. The zero-order valence-electron chi connectivity index (χ0n) is 14.9. The molecule has 0 spiro atoms. The van der Waals surface area contributed by atoms with Crippen molar-refractivity contribution in [2.24, 2.45) is 0 Å². The Bertz CT molecular complexity index is 1260. The number of hydrogen-bond donors (Lipinski definition) is 1. The van der Waals surface area contributed by atoms with Crippen LogP contribution in [0.5, 0.6) is 0 Å². The van der Waals surface area contributed by atoms with Gasteiger partial charge in [-0.2, -0.15) is 5.10 Å². The number of nitro benzene ring substituents is 1. The molecule has 0 radical (unpaired) electrons. The van der Waals surface area contributed by atoms with E-state index in [-0.39, 0.29) is 17.5 Å². The first-order valence-corrected chi connectivity index (χ1v) is 8.57. The molecule has 0 aliphatic carbocycles. The lowest BCUT2D eigenvalue weighted by Crippen LogP contribution is -2.34. The summed E-state index contributed by atoms with van der Waals surface area (Å²) >= 11 is 0. The van der Waals surface area contributed by atoms with Gasteiger partial charge in [-0.15, -0.1) is 0 Å². The van der Waals surface area contributed by atoms with Crippen LogP contribution in [0, 0.1) is 10.1 Å². The number of benzene rings is 2. The van der Waals surface area contributed by atoms with E-state index in [1.807, 2.05) is 30.3 Å². The summed E-state index contributed by atoms with van der Waals surface area (Å²) in [7, 11) is 0. The van der Waals surface area contributed by atoms with E-state index in [9.17, 15) is 19.7 Å². The van der Waals surface area contributed by atoms with Crippen LogP contribution >= 0.6 is 0 Å². The van der Waals surface area contributed by atoms with Crippen molar-refractivity contribution in [3.8, 4) is 5.69 Å². The number of rotatable bonds is 5. The summed E-state index contributed by atoms with van der Waals surface area (Å²) in [5.74, 6) is -0.461. The number of non-ortho nitro benzene ring substituents is 1. The monoisotopic (exact) mass is 390 g/mol. The fourth-order valence-electron chi connectivity index (χ4n) is 2.84. The third-order valence-electron chi connectivity index (χ3n) is 4.25. The number of nitro groups is 1. The number of para-hydroxylation sites is 1. The van der Waals surface area contributed by atoms with Gasteiger partial charge >= 0.3 is 0 Å². The van der Waals surface area contributed by atoms with Crippen LogP contribution in [0.25, 0.3) is 16.7 Å². The number of aromatic nitrogens is 4. The van der Waals surface area contributed by atoms with Crippen LogP contribution in [-0.2, 0) is 11.2 Å². The zero-order valence-corrected chi connectivity index (χ0v) is 14.9. The Labute approximate surface area is 163 Å². The Morgan fingerprint density at radius 2 is 1.83 bits per heavy atom. The van der Waals surface area contributed by atoms with Crippen LogP contribution < -0.4 is 11.0 Å². The molecule has 0 unspecified atom stereocenters. The minimum absolute atomic E-state index is 0.0499. The molecule has 2 aromatic heterocycles. The van der Waals surface area contributed by atoms with Gasteiger partial charge in [0, 0.05) is 12.1 Å². The molecule has 0 saturated carbocycles. The van der Waals surface area contributed by atoms with Crippen LogP contribution in [0.3, 0.4) is 0 Å². The second-order valence-corrected chi connectivity index (χ2v) is 6.18. The first-order chi connectivity index (χ1) is 14.0. The van der Waals surface area contributed by atoms with Gasteiger partial charge in [-0.25, -0.2) is 14.3 Å². The van der Waals surface area contributed by atoms with E-state index < -0.39 is 16.4 Å². The minimum atomic E-state index is -0.514. The highest BCUT2D eigenvalue weighted by Crippen LogP contribution is 2.13. The van der Waals surface area contributed by atoms with Gasteiger partial charge in [0.05, 0.1) is 23.2 Å². The third kappa shape index (κ3) is 3.58. The normalized spacial score (nSPS) is 10.8. The Morgan fingerprint density at radius 1 is 1.10 bits per heavy atom. The summed E-state index contributed by atoms with van der Waals surface area (Å²) in [4.78, 5) is 39.3. The highest BCUT2D eigenvalue weighted by atomic mass is 16.6. The molecule has 29 heavy (non-hydrogen) atoms. The van der Waals surface area contributed by atoms with Gasteiger partial charge in [-0.3, -0.25) is 25.1 Å². The fraction of sp³-hybridized carbons (Fsp3) is 0.0526. The first kappa shape index (κ1) is 18.0. The average molecular weight is 390 g/mol. The highest BCUT2D eigenvalue weighted by Gasteiger charge is 2.13. The molecule has 0 fully saturated rings. The number of amides is 1. The Kier molecular flexibility index (Phi) is 4.57. The summed E-state index contributed by atoms with van der Waals surface area (Å²) in [5, 5.41) is 15.2. The smallest absolute Gasteiger partial charge is 0.273 e. The average Bonchev–Trinajstić information content (AvgIpc) is 3.16. The number of nitrogens with one attached hydrogen (secondary N) is 1. The number of nitrogens with zero attached hydrogens (tertiary/aromatic N) is 5. The maximum Gasteiger partial charge on any atom is 0.283 e. The quantitative estimate of drug-likeness (QED) is 0.409. The number of hydrogen-bond acceptors (Lipinski definition) is 6. The van der Waals surface area contributed by atoms with Crippen LogP contribution in [0.4, 0.5) is 5.69 Å². The molecule has 0 atom stereocenters. The standard InChI is InChI=1S/C19H14N6O4/c26-17(10-13-6-8-15(9-7-13)25(28)29)22-23-12-20-18-16(19(23)27)11-21-24(18)14-4-2-1-3-5-14/h1-9,11-12H,10H2,(H,22,26). The molecule has 0 aliphatic heterocycles. The molecular weight excluding hydrogens is 376 g/mol. The van der Waals surface area contributed by atoms with Gasteiger partial charge in [0.15, 0.2) is 5.65 Å². The first-order valence-electron chi connectivity index (χ1n) is 8.57. The molecule has 4 aromatic rings. The van der Waals surface area contributed by atoms with Crippen LogP contribution in [0.1, 0.15) is 5.56 Å². The van der Waals surface area contributed by atoms with Gasteiger partial charge in [-0.1, -0.05) is 30.3 Å². The Morgan fingerprint density at radius 3 is 2.52 bits per heavy atom. The summed E-state index contributed by atoms with van der Waals surface area (Å²) in [5.41, 5.74) is 3.66. The van der Waals surface area contributed by atoms with E-state index in [2.05, 4.69) is 15.5 Å². The van der Waals surface area contributed by atoms with E-state index in [1.54, 1.807) is 4.68 Å². The molecule has 2 aromatic carbocycles. The van der Waals surface area contributed by atoms with Crippen LogP contribution in [-0.4, -0.2) is 30.3 Å². The second kappa shape index (κ2) is 7.35. The van der Waals surface area contributed by atoms with Gasteiger partial charge in [-0.05, 0) is 17.7 Å². The van der Waals surface area contributed by atoms with Crippen molar-refractivity contribution in [1.82, 2.24) is 19.4 Å². The zero-order chi connectivity index (χ0) is 20.4. The molecule has 10 nitrogen and oxygen atoms in total. The maximum absolute atomic E-state index is 12.7. The molecule has 10 heteroatoms. The molecule has 1 N–H and O–H groups in total. The van der Waals surface area contributed by atoms with Crippen LogP contribution in [0.2, 0.25) is 0 Å². The van der Waals surface area contributed by atoms with E-state index in [1.165, 1.54) is 36.8 Å². The fourth-order valence-corrected chi connectivity index (χ4v) is 2.84. The number of carbonyl (C=O) groups excluding carboxylic acids is 1. The molecule has 4 rings (SSSR count). The number of carbonyl (C=O) groups is 1. The lowest BCUT2D eigenvalue weighted by atomic mass is 10.1. The third-order valence-corrected chi connectivity index (χ3v) is 4.25. The van der Waals surface area contributed by atoms with Crippen molar-refractivity contribution < 1.29 is 9.72 Å². The molecule has 1 amide bonds. The van der Waals surface area contributed by atoms with E-state index in [0.717, 1.165) is 10.4 Å². The van der Waals surface area contributed by atoms with Crippen molar-refractivity contribution in [3.63, 3.8) is 0 Å². The van der Waals surface area contributed by atoms with E-state index >= 15 is 0 Å². The van der Waals surface area contributed by atoms with Gasteiger partial charge in [0.2, 0.25) is 5.91 Å². The van der Waals surface area contributed by atoms with E-state index in [4.69, 9.17) is 0 Å². The molecule has 0 aliphatic rings. The molecule has 144 valence electrons. The maximum atomic E-state index is 12.7. The van der Waals surface area contributed by atoms with Crippen molar-refractivity contribution in [3.05, 3.63) is 93.2 Å². The largest absolute Gasteiger partial charge is 0.283 e. The Balaban J connectivity index is 1.55. The summed E-state index contributed by atoms with van der Waals surface area (Å²) in [6, 6.07) is 14.9. The van der Waals surface area contributed by atoms with Gasteiger partial charge in [0.25, 0.3) is 11.2 Å². The predicted octanol–water partition coefficient (Wildman–Crippen LogP) is 1.80. The van der Waals surface area contributed by atoms with Gasteiger partial charge in [0.1, 0.15) is 11.7 Å². The lowest BCUT2D eigenvalue weighted by molar-refractivity contribution is -0.384. The molecule has 0 saturated heterocycles. The summed E-state index contributed by atoms with van der Waals surface area (Å²) < 4.78 is 2.53. The highest BCUT2D eigenvalue weighted by molar-refractivity contribution is 5.86. The van der Waals surface area contributed by atoms with Crippen molar-refractivity contribution >= 4 is 22.6 Å². The molecular formula is C19H14N6O4. The molecule has 0 bridgehead atoms. The van der Waals surface area contributed by atoms with Crippen molar-refractivity contribution in [2.75, 3.05) is 5.43 Å². The van der Waals surface area contributed by atoms with Crippen molar-refractivity contribution in [1.29, 1.82) is 0 Å². The minimum Gasteiger partial charge on any atom is -0.273 e. The number of fused-ring (bicyclic) bond motifs is 1. The SMILES string of the molecule is O=C(Cc1ccc([N+](=O)[O-])cc1)Nn1cnc2c(cnn2-c2ccccc2)c1=O. The van der Waals surface area contributed by atoms with Crippen molar-refractivity contribution in [2.45, 2.75) is 6.42 Å². The van der Waals surface area contributed by atoms with Gasteiger partial charge < -0.3 is 0 Å². The summed E-state index contributed by atoms with van der Waals surface area (Å²) in [6.07, 6.45) is 2.57. The topological polar surface area (TPSA) is 125 Å². The molecule has 2 heterocycles.